The molecule has 0 aliphatic carbocycles. The average molecular weight is 300 g/mol. The summed E-state index contributed by atoms with van der Waals surface area (Å²) in [6, 6.07) is 0. The maximum atomic E-state index is 12.8. The Labute approximate surface area is 118 Å². The fourth-order valence-electron chi connectivity index (χ4n) is 2.61. The second-order valence-corrected chi connectivity index (χ2v) is 7.10. The van der Waals surface area contributed by atoms with Gasteiger partial charge < -0.3 is 5.21 Å². The molecular weight excluding hydrogens is 280 g/mol. The minimum absolute atomic E-state index is 0.0826. The van der Waals surface area contributed by atoms with Crippen LogP contribution in [0.15, 0.2) is 10.1 Å². The molecule has 1 N–H and O–H groups in total. The zero-order valence-electron chi connectivity index (χ0n) is 12.2. The van der Waals surface area contributed by atoms with Crippen molar-refractivity contribution < 1.29 is 13.6 Å². The van der Waals surface area contributed by atoms with E-state index in [1.54, 1.807) is 25.6 Å². The molecule has 0 aromatic carbocycles. The molecule has 8 heteroatoms. The molecule has 1 aromatic rings. The summed E-state index contributed by atoms with van der Waals surface area (Å²) in [7, 11) is -1.82. The maximum Gasteiger partial charge on any atom is 0.246 e. The van der Waals surface area contributed by atoms with E-state index in [-0.39, 0.29) is 10.8 Å². The fraction of sp³-hybridized carbons (Fsp3) is 0.667. The van der Waals surface area contributed by atoms with Crippen LogP contribution in [0.2, 0.25) is 0 Å². The quantitative estimate of drug-likeness (QED) is 0.649. The molecule has 2 heterocycles. The summed E-state index contributed by atoms with van der Waals surface area (Å²) in [5.41, 5.74) is 1.80. The van der Waals surface area contributed by atoms with Crippen molar-refractivity contribution in [1.82, 2.24) is 14.1 Å². The van der Waals surface area contributed by atoms with Gasteiger partial charge in [0.15, 0.2) is 0 Å². The van der Waals surface area contributed by atoms with Gasteiger partial charge in [-0.1, -0.05) is 12.1 Å². The van der Waals surface area contributed by atoms with E-state index in [1.165, 1.54) is 4.31 Å². The molecule has 1 aromatic heterocycles. The summed E-state index contributed by atoms with van der Waals surface area (Å²) in [4.78, 5) is 0.289. The average Bonchev–Trinajstić information content (AvgIpc) is 2.63. The van der Waals surface area contributed by atoms with Gasteiger partial charge in [0.2, 0.25) is 10.0 Å². The first-order valence-corrected chi connectivity index (χ1v) is 7.94. The van der Waals surface area contributed by atoms with E-state index >= 15 is 0 Å². The summed E-state index contributed by atoms with van der Waals surface area (Å²) >= 11 is 0. The number of hydrogen-bond acceptors (Lipinski definition) is 5. The Bertz CT molecular complexity index is 648. The molecule has 0 radical (unpaired) electrons. The van der Waals surface area contributed by atoms with Crippen LogP contribution in [0.1, 0.15) is 24.7 Å². The Kier molecular flexibility index (Phi) is 3.88. The van der Waals surface area contributed by atoms with E-state index in [2.05, 4.69) is 10.3 Å². The van der Waals surface area contributed by atoms with Crippen molar-refractivity contribution in [3.8, 4) is 0 Å². The predicted molar refractivity (Wildman–Crippen MR) is 74.4 cm³/mol. The summed E-state index contributed by atoms with van der Waals surface area (Å²) < 4.78 is 28.5. The molecule has 0 amide bonds. The molecule has 0 saturated carbocycles. The van der Waals surface area contributed by atoms with Crippen LogP contribution in [0.3, 0.4) is 0 Å². The standard InChI is InChI=1S/C12H20N4O3S/c1-8-7-16(6-5-11(8)14-17)20(18,19)12-9(2)13-15(4)10(12)3/h8,17H,5-7H2,1-4H3. The van der Waals surface area contributed by atoms with E-state index in [0.29, 0.717) is 36.6 Å². The Hall–Kier alpha value is -1.41. The molecule has 112 valence electrons. The second-order valence-electron chi connectivity index (χ2n) is 5.23. The number of piperidine rings is 1. The van der Waals surface area contributed by atoms with Gasteiger partial charge in [-0.25, -0.2) is 8.42 Å². The van der Waals surface area contributed by atoms with Gasteiger partial charge in [0.1, 0.15) is 4.90 Å². The maximum absolute atomic E-state index is 12.8. The molecule has 7 nitrogen and oxygen atoms in total. The summed E-state index contributed by atoms with van der Waals surface area (Å²) in [5.74, 6) is -0.0826. The highest BCUT2D eigenvalue weighted by atomic mass is 32.2. The number of sulfonamides is 1. The van der Waals surface area contributed by atoms with Gasteiger partial charge in [-0.3, -0.25) is 4.68 Å². The number of aromatic nitrogens is 2. The number of nitrogens with zero attached hydrogens (tertiary/aromatic N) is 4. The lowest BCUT2D eigenvalue weighted by atomic mass is 10.00. The minimum atomic E-state index is -3.55. The molecule has 1 unspecified atom stereocenters. The van der Waals surface area contributed by atoms with Crippen molar-refractivity contribution in [1.29, 1.82) is 0 Å². The van der Waals surface area contributed by atoms with Gasteiger partial charge in [0.25, 0.3) is 0 Å². The lowest BCUT2D eigenvalue weighted by molar-refractivity contribution is 0.300. The predicted octanol–water partition coefficient (Wildman–Crippen LogP) is 0.898. The Morgan fingerprint density at radius 2 is 2.05 bits per heavy atom. The minimum Gasteiger partial charge on any atom is -0.411 e. The number of oxime groups is 1. The van der Waals surface area contributed by atoms with E-state index in [4.69, 9.17) is 5.21 Å². The number of rotatable bonds is 2. The van der Waals surface area contributed by atoms with Crippen molar-refractivity contribution in [2.45, 2.75) is 32.1 Å². The molecular formula is C12H20N4O3S. The smallest absolute Gasteiger partial charge is 0.246 e. The zero-order valence-corrected chi connectivity index (χ0v) is 13.0. The monoisotopic (exact) mass is 300 g/mol. The van der Waals surface area contributed by atoms with Crippen LogP contribution in [0.25, 0.3) is 0 Å². The lowest BCUT2D eigenvalue weighted by Gasteiger charge is -2.30. The lowest BCUT2D eigenvalue weighted by Crippen LogP contribution is -2.43. The van der Waals surface area contributed by atoms with E-state index in [9.17, 15) is 8.42 Å². The topological polar surface area (TPSA) is 87.8 Å². The van der Waals surface area contributed by atoms with Crippen LogP contribution >= 0.6 is 0 Å². The summed E-state index contributed by atoms with van der Waals surface area (Å²) in [5, 5.41) is 16.3. The van der Waals surface area contributed by atoms with Gasteiger partial charge in [-0.2, -0.15) is 9.40 Å². The summed E-state index contributed by atoms with van der Waals surface area (Å²) in [6.45, 7) is 5.98. The van der Waals surface area contributed by atoms with Crippen LogP contribution in [-0.4, -0.2) is 46.5 Å². The Morgan fingerprint density at radius 1 is 1.40 bits per heavy atom. The van der Waals surface area contributed by atoms with E-state index in [1.807, 2.05) is 6.92 Å². The van der Waals surface area contributed by atoms with Crippen LogP contribution in [-0.2, 0) is 17.1 Å². The fourth-order valence-corrected chi connectivity index (χ4v) is 4.54. The van der Waals surface area contributed by atoms with Crippen LogP contribution in [0, 0.1) is 19.8 Å². The van der Waals surface area contributed by atoms with Gasteiger partial charge >= 0.3 is 0 Å². The molecule has 1 fully saturated rings. The van der Waals surface area contributed by atoms with Crippen molar-refractivity contribution in [2.24, 2.45) is 18.1 Å². The number of hydrogen-bond donors (Lipinski definition) is 1. The molecule has 20 heavy (non-hydrogen) atoms. The first-order valence-electron chi connectivity index (χ1n) is 6.50. The molecule has 1 aliphatic rings. The third-order valence-corrected chi connectivity index (χ3v) is 5.95. The highest BCUT2D eigenvalue weighted by Crippen LogP contribution is 2.26. The van der Waals surface area contributed by atoms with Crippen LogP contribution in [0.5, 0.6) is 0 Å². The molecule has 1 saturated heterocycles. The SMILES string of the molecule is Cc1nn(C)c(C)c1S(=O)(=O)N1CCC(=NO)C(C)C1. The third-order valence-electron chi connectivity index (χ3n) is 3.83. The van der Waals surface area contributed by atoms with E-state index in [0.717, 1.165) is 0 Å². The van der Waals surface area contributed by atoms with E-state index < -0.39 is 10.0 Å². The molecule has 0 bridgehead atoms. The second kappa shape index (κ2) is 5.17. The van der Waals surface area contributed by atoms with Gasteiger partial charge in [-0.05, 0) is 13.8 Å². The van der Waals surface area contributed by atoms with Crippen molar-refractivity contribution in [3.05, 3.63) is 11.4 Å². The van der Waals surface area contributed by atoms with Gasteiger partial charge in [0.05, 0.1) is 17.1 Å². The largest absolute Gasteiger partial charge is 0.411 e. The van der Waals surface area contributed by atoms with Gasteiger partial charge in [-0.15, -0.1) is 0 Å². The highest BCUT2D eigenvalue weighted by molar-refractivity contribution is 7.89. The molecule has 2 rings (SSSR count). The Balaban J connectivity index is 2.37. The van der Waals surface area contributed by atoms with Crippen molar-refractivity contribution in [3.63, 3.8) is 0 Å². The molecule has 0 spiro atoms. The molecule has 1 atom stereocenters. The summed E-state index contributed by atoms with van der Waals surface area (Å²) in [6.07, 6.45) is 0.454. The van der Waals surface area contributed by atoms with Crippen molar-refractivity contribution >= 4 is 15.7 Å². The molecule has 1 aliphatic heterocycles. The van der Waals surface area contributed by atoms with Crippen LogP contribution in [0.4, 0.5) is 0 Å². The first-order chi connectivity index (χ1) is 9.28. The van der Waals surface area contributed by atoms with Crippen molar-refractivity contribution in [2.75, 3.05) is 13.1 Å². The van der Waals surface area contributed by atoms with Gasteiger partial charge in [0, 0.05) is 32.5 Å². The zero-order chi connectivity index (χ0) is 15.1. The number of aryl methyl sites for hydroxylation is 2. The highest BCUT2D eigenvalue weighted by Gasteiger charge is 2.35. The third kappa shape index (κ3) is 2.33. The first kappa shape index (κ1) is 15.0. The van der Waals surface area contributed by atoms with Crippen LogP contribution < -0.4 is 0 Å². The Morgan fingerprint density at radius 3 is 2.50 bits per heavy atom. The normalized spacial score (nSPS) is 23.4.